The molecule has 4 heteroatoms. The number of hydrogen-bond donors (Lipinski definition) is 2. The molecular formula is C12H16ClNO2. The summed E-state index contributed by atoms with van der Waals surface area (Å²) in [5.41, 5.74) is 0.473. The first-order chi connectivity index (χ1) is 7.69. The Morgan fingerprint density at radius 1 is 1.50 bits per heavy atom. The van der Waals surface area contributed by atoms with Crippen LogP contribution in [0, 0.1) is 0 Å². The van der Waals surface area contributed by atoms with Crippen LogP contribution in [-0.4, -0.2) is 23.7 Å². The number of rotatable bonds is 5. The summed E-state index contributed by atoms with van der Waals surface area (Å²) in [6.45, 7) is 2.04. The van der Waals surface area contributed by atoms with Crippen molar-refractivity contribution in [3.63, 3.8) is 0 Å². The Bertz CT molecular complexity index is 355. The molecule has 0 spiro atoms. The van der Waals surface area contributed by atoms with Gasteiger partial charge in [-0.2, -0.15) is 0 Å². The number of carbonyl (C=O) groups excluding carboxylic acids is 1. The molecule has 1 rings (SSSR count). The molecule has 3 nitrogen and oxygen atoms in total. The average Bonchev–Trinajstić information content (AvgIpc) is 2.28. The first kappa shape index (κ1) is 13.0. The smallest absolute Gasteiger partial charge is 0.253 e. The number of amides is 1. The molecule has 1 unspecified atom stereocenters. The summed E-state index contributed by atoms with van der Waals surface area (Å²) in [6, 6.07) is 6.92. The Balaban J connectivity index is 2.68. The monoisotopic (exact) mass is 241 g/mol. The highest BCUT2D eigenvalue weighted by molar-refractivity contribution is 6.33. The quantitative estimate of drug-likeness (QED) is 0.831. The van der Waals surface area contributed by atoms with E-state index in [0.29, 0.717) is 17.0 Å². The summed E-state index contributed by atoms with van der Waals surface area (Å²) in [4.78, 5) is 11.8. The molecule has 0 saturated carbocycles. The van der Waals surface area contributed by atoms with Crippen molar-refractivity contribution in [1.82, 2.24) is 5.32 Å². The topological polar surface area (TPSA) is 49.3 Å². The molecule has 88 valence electrons. The Morgan fingerprint density at radius 3 is 2.75 bits per heavy atom. The molecule has 0 saturated heterocycles. The zero-order chi connectivity index (χ0) is 12.0. The van der Waals surface area contributed by atoms with Gasteiger partial charge in [-0.15, -0.1) is 0 Å². The van der Waals surface area contributed by atoms with Crippen molar-refractivity contribution in [2.24, 2.45) is 0 Å². The fourth-order valence-corrected chi connectivity index (χ4v) is 1.66. The van der Waals surface area contributed by atoms with Crippen LogP contribution in [0.25, 0.3) is 0 Å². The summed E-state index contributed by atoms with van der Waals surface area (Å²) in [5.74, 6) is -0.189. The molecule has 0 fully saturated rings. The van der Waals surface area contributed by atoms with Gasteiger partial charge in [0.05, 0.1) is 10.6 Å². The van der Waals surface area contributed by atoms with E-state index in [0.717, 1.165) is 6.42 Å². The van der Waals surface area contributed by atoms with Gasteiger partial charge in [0.2, 0.25) is 0 Å². The lowest BCUT2D eigenvalue weighted by molar-refractivity contribution is 0.0929. The minimum absolute atomic E-state index is 0.00577. The predicted octanol–water partition coefficient (Wildman–Crippen LogP) is 2.23. The number of carbonyl (C=O) groups is 1. The van der Waals surface area contributed by atoms with E-state index in [1.165, 1.54) is 0 Å². The molecule has 2 N–H and O–H groups in total. The van der Waals surface area contributed by atoms with Crippen molar-refractivity contribution in [3.05, 3.63) is 34.9 Å². The molecule has 0 bridgehead atoms. The number of aliphatic hydroxyl groups is 1. The van der Waals surface area contributed by atoms with Crippen LogP contribution in [-0.2, 0) is 0 Å². The van der Waals surface area contributed by atoms with Crippen molar-refractivity contribution in [2.45, 2.75) is 25.8 Å². The molecule has 1 amide bonds. The lowest BCUT2D eigenvalue weighted by Crippen LogP contribution is -2.35. The molecule has 0 aromatic heterocycles. The minimum atomic E-state index is -0.189. The van der Waals surface area contributed by atoms with Gasteiger partial charge in [0, 0.05) is 12.6 Å². The van der Waals surface area contributed by atoms with Crippen LogP contribution in [0.1, 0.15) is 30.1 Å². The van der Waals surface area contributed by atoms with Crippen LogP contribution in [0.5, 0.6) is 0 Å². The first-order valence-electron chi connectivity index (χ1n) is 5.35. The Morgan fingerprint density at radius 2 is 2.19 bits per heavy atom. The highest BCUT2D eigenvalue weighted by atomic mass is 35.5. The second-order valence-electron chi connectivity index (χ2n) is 3.57. The standard InChI is InChI=1S/C12H16ClNO2/c1-2-9(7-8-15)14-12(16)10-5-3-4-6-11(10)13/h3-6,9,15H,2,7-8H2,1H3,(H,14,16). The molecular weight excluding hydrogens is 226 g/mol. The molecule has 0 aliphatic rings. The van der Waals surface area contributed by atoms with Crippen LogP contribution in [0.3, 0.4) is 0 Å². The maximum absolute atomic E-state index is 11.8. The van der Waals surface area contributed by atoms with E-state index in [4.69, 9.17) is 16.7 Å². The van der Waals surface area contributed by atoms with E-state index in [1.54, 1.807) is 24.3 Å². The maximum Gasteiger partial charge on any atom is 0.253 e. The van der Waals surface area contributed by atoms with E-state index in [-0.39, 0.29) is 18.6 Å². The highest BCUT2D eigenvalue weighted by Crippen LogP contribution is 2.15. The average molecular weight is 242 g/mol. The largest absolute Gasteiger partial charge is 0.396 e. The second-order valence-corrected chi connectivity index (χ2v) is 3.98. The van der Waals surface area contributed by atoms with Crippen LogP contribution in [0.4, 0.5) is 0 Å². The molecule has 1 atom stereocenters. The van der Waals surface area contributed by atoms with E-state index < -0.39 is 0 Å². The fourth-order valence-electron chi connectivity index (χ4n) is 1.44. The number of hydrogen-bond acceptors (Lipinski definition) is 2. The van der Waals surface area contributed by atoms with E-state index in [2.05, 4.69) is 5.32 Å². The summed E-state index contributed by atoms with van der Waals surface area (Å²) in [6.07, 6.45) is 1.35. The van der Waals surface area contributed by atoms with Gasteiger partial charge in [-0.25, -0.2) is 0 Å². The minimum Gasteiger partial charge on any atom is -0.396 e. The summed E-state index contributed by atoms with van der Waals surface area (Å²) in [5, 5.41) is 12.1. The van der Waals surface area contributed by atoms with E-state index in [1.807, 2.05) is 6.92 Å². The summed E-state index contributed by atoms with van der Waals surface area (Å²) < 4.78 is 0. The molecule has 0 aliphatic carbocycles. The van der Waals surface area contributed by atoms with Gasteiger partial charge in [0.25, 0.3) is 5.91 Å². The third-order valence-electron chi connectivity index (χ3n) is 2.42. The van der Waals surface area contributed by atoms with Gasteiger partial charge in [0.1, 0.15) is 0 Å². The highest BCUT2D eigenvalue weighted by Gasteiger charge is 2.13. The first-order valence-corrected chi connectivity index (χ1v) is 5.73. The van der Waals surface area contributed by atoms with Gasteiger partial charge < -0.3 is 10.4 Å². The van der Waals surface area contributed by atoms with Crippen LogP contribution < -0.4 is 5.32 Å². The second kappa shape index (κ2) is 6.51. The van der Waals surface area contributed by atoms with Gasteiger partial charge in [-0.3, -0.25) is 4.79 Å². The van der Waals surface area contributed by atoms with E-state index in [9.17, 15) is 4.79 Å². The van der Waals surface area contributed by atoms with Crippen LogP contribution >= 0.6 is 11.6 Å². The summed E-state index contributed by atoms with van der Waals surface area (Å²) >= 11 is 5.91. The molecule has 0 radical (unpaired) electrons. The molecule has 16 heavy (non-hydrogen) atoms. The Kier molecular flexibility index (Phi) is 5.29. The third kappa shape index (κ3) is 3.51. The van der Waals surface area contributed by atoms with Gasteiger partial charge in [-0.05, 0) is 25.0 Å². The van der Waals surface area contributed by atoms with Gasteiger partial charge >= 0.3 is 0 Å². The normalized spacial score (nSPS) is 12.2. The van der Waals surface area contributed by atoms with Crippen molar-refractivity contribution in [2.75, 3.05) is 6.61 Å². The van der Waals surface area contributed by atoms with Crippen LogP contribution in [0.2, 0.25) is 5.02 Å². The number of halogens is 1. The van der Waals surface area contributed by atoms with Crippen molar-refractivity contribution in [1.29, 1.82) is 0 Å². The van der Waals surface area contributed by atoms with E-state index >= 15 is 0 Å². The predicted molar refractivity (Wildman–Crippen MR) is 64.7 cm³/mol. The molecule has 1 aromatic carbocycles. The Hall–Kier alpha value is -1.06. The zero-order valence-electron chi connectivity index (χ0n) is 9.24. The van der Waals surface area contributed by atoms with Crippen molar-refractivity contribution >= 4 is 17.5 Å². The lowest BCUT2D eigenvalue weighted by Gasteiger charge is -2.16. The van der Waals surface area contributed by atoms with Crippen molar-refractivity contribution < 1.29 is 9.90 Å². The molecule has 0 heterocycles. The van der Waals surface area contributed by atoms with Gasteiger partial charge in [-0.1, -0.05) is 30.7 Å². The third-order valence-corrected chi connectivity index (χ3v) is 2.75. The van der Waals surface area contributed by atoms with Crippen LogP contribution in [0.15, 0.2) is 24.3 Å². The molecule has 1 aromatic rings. The number of nitrogens with one attached hydrogen (secondary N) is 1. The lowest BCUT2D eigenvalue weighted by atomic mass is 10.1. The molecule has 0 aliphatic heterocycles. The van der Waals surface area contributed by atoms with Gasteiger partial charge in [0.15, 0.2) is 0 Å². The fraction of sp³-hybridized carbons (Fsp3) is 0.417. The number of benzene rings is 1. The van der Waals surface area contributed by atoms with Crippen molar-refractivity contribution in [3.8, 4) is 0 Å². The maximum atomic E-state index is 11.8. The number of aliphatic hydroxyl groups excluding tert-OH is 1. The SMILES string of the molecule is CCC(CCO)NC(=O)c1ccccc1Cl. The Labute approximate surface area is 100 Å². The zero-order valence-corrected chi connectivity index (χ0v) is 10.00. The summed E-state index contributed by atoms with van der Waals surface area (Å²) in [7, 11) is 0.